The molecule has 3 saturated heterocycles. The molecule has 2 atom stereocenters. The lowest BCUT2D eigenvalue weighted by molar-refractivity contribution is -0.00961. The number of hydrogen-bond donors (Lipinski definition) is 1. The Labute approximate surface area is 221 Å². The number of aromatic nitrogens is 5. The van der Waals surface area contributed by atoms with Crippen LogP contribution in [0.15, 0.2) is 49.3 Å². The number of piperazine rings is 1. The third-order valence-corrected chi connectivity index (χ3v) is 7.42. The number of nitrogens with zero attached hydrogens (tertiary/aromatic N) is 8. The van der Waals surface area contributed by atoms with Gasteiger partial charge in [-0.05, 0) is 45.4 Å². The van der Waals surface area contributed by atoms with Gasteiger partial charge in [-0.1, -0.05) is 0 Å². The molecular weight excluding hydrogens is 480 g/mol. The van der Waals surface area contributed by atoms with Gasteiger partial charge in [-0.2, -0.15) is 10.4 Å². The number of nitriles is 1. The highest BCUT2D eigenvalue weighted by atomic mass is 16.5. The summed E-state index contributed by atoms with van der Waals surface area (Å²) < 4.78 is 9.62. The van der Waals surface area contributed by atoms with Gasteiger partial charge in [0.25, 0.3) is 0 Å². The summed E-state index contributed by atoms with van der Waals surface area (Å²) in [6.07, 6.45) is 10.4. The van der Waals surface area contributed by atoms with Gasteiger partial charge in [0.05, 0.1) is 41.1 Å². The number of ether oxygens (including phenoxy) is 1. The average Bonchev–Trinajstić information content (AvgIpc) is 3.56. The van der Waals surface area contributed by atoms with E-state index in [1.54, 1.807) is 30.8 Å². The molecular formula is C28H32N8O2. The van der Waals surface area contributed by atoms with Crippen LogP contribution < -0.4 is 9.64 Å². The molecule has 3 aliphatic heterocycles. The maximum Gasteiger partial charge on any atom is 0.138 e. The molecule has 2 bridgehead atoms. The van der Waals surface area contributed by atoms with Gasteiger partial charge >= 0.3 is 0 Å². The molecule has 1 N–H and O–H groups in total. The zero-order valence-corrected chi connectivity index (χ0v) is 21.9. The molecule has 0 aliphatic carbocycles. The Kier molecular flexibility index (Phi) is 6.05. The van der Waals surface area contributed by atoms with Crippen LogP contribution in [0.2, 0.25) is 0 Å². The standard InChI is InChI=1S/C28H32N8O2/c1-4-33-12-21(31-18-33)13-35-22-7-23(35)15-34(14-22)26-6-5-19(10-30-26)25-8-24(38-17-28(2,3)37)16-36-27(25)20(9-29)11-32-36/h5-6,8,10-12,16,18,22-23,37H,4,7,13-15,17H2,1-3H3. The van der Waals surface area contributed by atoms with E-state index in [1.807, 2.05) is 24.7 Å². The predicted molar refractivity (Wildman–Crippen MR) is 143 cm³/mol. The highest BCUT2D eigenvalue weighted by molar-refractivity contribution is 5.85. The van der Waals surface area contributed by atoms with Gasteiger partial charge in [-0.3, -0.25) is 4.90 Å². The number of aliphatic hydroxyl groups is 1. The molecule has 196 valence electrons. The first-order valence-electron chi connectivity index (χ1n) is 13.1. The summed E-state index contributed by atoms with van der Waals surface area (Å²) >= 11 is 0. The number of rotatable bonds is 8. The van der Waals surface area contributed by atoms with E-state index in [1.165, 1.54) is 6.42 Å². The van der Waals surface area contributed by atoms with Crippen molar-refractivity contribution >= 4 is 11.3 Å². The topological polar surface area (TPSA) is 108 Å². The third kappa shape index (κ3) is 4.59. The Morgan fingerprint density at radius 3 is 2.63 bits per heavy atom. The smallest absolute Gasteiger partial charge is 0.138 e. The van der Waals surface area contributed by atoms with Crippen molar-refractivity contribution in [3.05, 3.63) is 60.6 Å². The summed E-state index contributed by atoms with van der Waals surface area (Å²) in [6.45, 7) is 9.39. The van der Waals surface area contributed by atoms with Crippen LogP contribution in [0.3, 0.4) is 0 Å². The Hall–Kier alpha value is -3.94. The molecule has 10 nitrogen and oxygen atoms in total. The van der Waals surface area contributed by atoms with Gasteiger partial charge in [0.2, 0.25) is 0 Å². The highest BCUT2D eigenvalue weighted by Crippen LogP contribution is 2.36. The lowest BCUT2D eigenvalue weighted by Crippen LogP contribution is -2.68. The van der Waals surface area contributed by atoms with Crippen molar-refractivity contribution in [2.45, 2.75) is 58.0 Å². The van der Waals surface area contributed by atoms with E-state index in [0.717, 1.165) is 48.8 Å². The molecule has 0 aromatic carbocycles. The van der Waals surface area contributed by atoms with Crippen LogP contribution in [-0.2, 0) is 13.1 Å². The first-order valence-corrected chi connectivity index (χ1v) is 13.1. The quantitative estimate of drug-likeness (QED) is 0.384. The second-order valence-corrected chi connectivity index (χ2v) is 10.9. The van der Waals surface area contributed by atoms with Crippen molar-refractivity contribution in [3.63, 3.8) is 0 Å². The lowest BCUT2D eigenvalue weighted by Gasteiger charge is -2.56. The van der Waals surface area contributed by atoms with Crippen LogP contribution in [0, 0.1) is 11.3 Å². The normalized spacial score (nSPS) is 19.4. The zero-order chi connectivity index (χ0) is 26.4. The molecule has 4 aromatic rings. The van der Waals surface area contributed by atoms with E-state index in [4.69, 9.17) is 9.72 Å². The van der Waals surface area contributed by atoms with Crippen molar-refractivity contribution in [2.24, 2.45) is 0 Å². The molecule has 10 heteroatoms. The molecule has 0 radical (unpaired) electrons. The number of aryl methyl sites for hydroxylation is 1. The fourth-order valence-corrected chi connectivity index (χ4v) is 5.45. The van der Waals surface area contributed by atoms with Crippen LogP contribution in [0.5, 0.6) is 5.75 Å². The maximum absolute atomic E-state index is 10.1. The fourth-order valence-electron chi connectivity index (χ4n) is 5.45. The Morgan fingerprint density at radius 1 is 1.16 bits per heavy atom. The Balaban J connectivity index is 1.20. The van der Waals surface area contributed by atoms with Crippen LogP contribution in [-0.4, -0.2) is 71.5 Å². The third-order valence-electron chi connectivity index (χ3n) is 7.42. The number of piperidine rings is 1. The molecule has 3 fully saturated rings. The van der Waals surface area contributed by atoms with E-state index in [0.29, 0.717) is 28.9 Å². The number of fused-ring (bicyclic) bond motifs is 3. The van der Waals surface area contributed by atoms with Crippen molar-refractivity contribution < 1.29 is 9.84 Å². The SMILES string of the molecule is CCn1cnc(CN2C3CC2CN(c2ccc(-c4cc(OCC(C)(C)O)cn5ncc(C#N)c45)cn2)C3)c1. The van der Waals surface area contributed by atoms with Crippen molar-refractivity contribution in [3.8, 4) is 22.9 Å². The van der Waals surface area contributed by atoms with Crippen molar-refractivity contribution in [2.75, 3.05) is 24.6 Å². The minimum atomic E-state index is -0.970. The fraction of sp³-hybridized carbons (Fsp3) is 0.429. The van der Waals surface area contributed by atoms with Gasteiger partial charge in [0, 0.05) is 61.8 Å². The second-order valence-electron chi connectivity index (χ2n) is 10.9. The minimum Gasteiger partial charge on any atom is -0.489 e. The maximum atomic E-state index is 10.1. The largest absolute Gasteiger partial charge is 0.489 e. The molecule has 2 unspecified atom stereocenters. The molecule has 3 aliphatic rings. The highest BCUT2D eigenvalue weighted by Gasteiger charge is 2.44. The summed E-state index contributed by atoms with van der Waals surface area (Å²) in [7, 11) is 0. The summed E-state index contributed by atoms with van der Waals surface area (Å²) in [6, 6.07) is 9.23. The molecule has 38 heavy (non-hydrogen) atoms. The molecule has 7 rings (SSSR count). The van der Waals surface area contributed by atoms with E-state index < -0.39 is 5.60 Å². The minimum absolute atomic E-state index is 0.135. The van der Waals surface area contributed by atoms with Gasteiger partial charge in [0.15, 0.2) is 0 Å². The van der Waals surface area contributed by atoms with E-state index in [2.05, 4.69) is 49.7 Å². The molecule has 0 amide bonds. The summed E-state index contributed by atoms with van der Waals surface area (Å²) in [5, 5.41) is 24.1. The Morgan fingerprint density at radius 2 is 1.97 bits per heavy atom. The predicted octanol–water partition coefficient (Wildman–Crippen LogP) is 3.10. The molecule has 0 spiro atoms. The van der Waals surface area contributed by atoms with Crippen LogP contribution in [0.4, 0.5) is 5.82 Å². The van der Waals surface area contributed by atoms with E-state index in [-0.39, 0.29) is 6.61 Å². The van der Waals surface area contributed by atoms with E-state index >= 15 is 0 Å². The van der Waals surface area contributed by atoms with Crippen molar-refractivity contribution in [1.29, 1.82) is 5.26 Å². The zero-order valence-electron chi connectivity index (χ0n) is 21.9. The number of pyridine rings is 2. The number of anilines is 1. The molecule has 7 heterocycles. The monoisotopic (exact) mass is 512 g/mol. The summed E-state index contributed by atoms with van der Waals surface area (Å²) in [5.41, 5.74) is 3.04. The first-order chi connectivity index (χ1) is 18.3. The van der Waals surface area contributed by atoms with Gasteiger partial charge in [-0.25, -0.2) is 14.5 Å². The average molecular weight is 513 g/mol. The number of imidazole rings is 1. The molecule has 4 aromatic heterocycles. The summed E-state index contributed by atoms with van der Waals surface area (Å²) in [5.74, 6) is 1.52. The Bertz CT molecular complexity index is 1480. The van der Waals surface area contributed by atoms with Crippen LogP contribution in [0.25, 0.3) is 16.6 Å². The molecule has 0 saturated carbocycles. The van der Waals surface area contributed by atoms with Gasteiger partial charge < -0.3 is 19.3 Å². The van der Waals surface area contributed by atoms with Crippen LogP contribution >= 0.6 is 0 Å². The number of hydrogen-bond acceptors (Lipinski definition) is 8. The lowest BCUT2D eigenvalue weighted by atomic mass is 9.87. The van der Waals surface area contributed by atoms with E-state index in [9.17, 15) is 10.4 Å². The van der Waals surface area contributed by atoms with Gasteiger partial charge in [0.1, 0.15) is 24.2 Å². The first kappa shape index (κ1) is 24.4. The second kappa shape index (κ2) is 9.42. The van der Waals surface area contributed by atoms with Crippen LogP contribution in [0.1, 0.15) is 38.4 Å². The van der Waals surface area contributed by atoms with Crippen molar-refractivity contribution in [1.82, 2.24) is 29.0 Å². The van der Waals surface area contributed by atoms with Gasteiger partial charge in [-0.15, -0.1) is 0 Å². The summed E-state index contributed by atoms with van der Waals surface area (Å²) in [4.78, 5) is 14.3.